The van der Waals surface area contributed by atoms with Crippen LogP contribution in [0.5, 0.6) is 0 Å². The quantitative estimate of drug-likeness (QED) is 0.722. The number of amides is 5. The molecule has 0 aromatic heterocycles. The SMILES string of the molecule is O=C(CN1C(=O)NC2(CCCC2)C1=O)N1CCC(C(=O)N2CCCCCC2)CC1. The van der Waals surface area contributed by atoms with Crippen molar-refractivity contribution in [2.45, 2.75) is 69.7 Å². The van der Waals surface area contributed by atoms with Crippen molar-refractivity contribution in [2.24, 2.45) is 5.92 Å². The highest BCUT2D eigenvalue weighted by Gasteiger charge is 2.53. The first-order valence-corrected chi connectivity index (χ1v) is 11.2. The van der Waals surface area contributed by atoms with Crippen molar-refractivity contribution < 1.29 is 19.2 Å². The van der Waals surface area contributed by atoms with Crippen LogP contribution in [0.25, 0.3) is 0 Å². The summed E-state index contributed by atoms with van der Waals surface area (Å²) in [5, 5.41) is 2.82. The number of urea groups is 1. The van der Waals surface area contributed by atoms with Gasteiger partial charge < -0.3 is 15.1 Å². The molecule has 1 aliphatic carbocycles. The monoisotopic (exact) mass is 404 g/mol. The lowest BCUT2D eigenvalue weighted by Gasteiger charge is -2.34. The number of nitrogens with one attached hydrogen (secondary N) is 1. The van der Waals surface area contributed by atoms with Gasteiger partial charge in [0.25, 0.3) is 5.91 Å². The van der Waals surface area contributed by atoms with Gasteiger partial charge in [0.1, 0.15) is 12.1 Å². The van der Waals surface area contributed by atoms with E-state index in [1.165, 1.54) is 12.8 Å². The van der Waals surface area contributed by atoms with Gasteiger partial charge in [-0.25, -0.2) is 4.79 Å². The van der Waals surface area contributed by atoms with E-state index < -0.39 is 11.6 Å². The normalized spacial score (nSPS) is 25.4. The summed E-state index contributed by atoms with van der Waals surface area (Å²) in [6.07, 6.45) is 9.03. The van der Waals surface area contributed by atoms with Gasteiger partial charge in [-0.05, 0) is 38.5 Å². The van der Waals surface area contributed by atoms with Crippen molar-refractivity contribution in [3.05, 3.63) is 0 Å². The molecule has 4 fully saturated rings. The second kappa shape index (κ2) is 8.32. The van der Waals surface area contributed by atoms with Crippen molar-refractivity contribution in [1.29, 1.82) is 0 Å². The van der Waals surface area contributed by atoms with Gasteiger partial charge in [0.05, 0.1) is 0 Å². The first-order valence-electron chi connectivity index (χ1n) is 11.2. The number of imide groups is 1. The Labute approximate surface area is 171 Å². The Balaban J connectivity index is 1.28. The molecule has 0 bridgehead atoms. The van der Waals surface area contributed by atoms with Gasteiger partial charge in [-0.1, -0.05) is 25.7 Å². The minimum absolute atomic E-state index is 0.0179. The maximum atomic E-state index is 12.8. The Bertz CT molecular complexity index is 672. The summed E-state index contributed by atoms with van der Waals surface area (Å²) >= 11 is 0. The summed E-state index contributed by atoms with van der Waals surface area (Å²) in [6, 6.07) is -0.448. The lowest BCUT2D eigenvalue weighted by Crippen LogP contribution is -2.49. The van der Waals surface area contributed by atoms with Crippen molar-refractivity contribution in [2.75, 3.05) is 32.7 Å². The second-order valence-corrected chi connectivity index (χ2v) is 9.01. The maximum Gasteiger partial charge on any atom is 0.325 e. The van der Waals surface area contributed by atoms with Gasteiger partial charge in [-0.15, -0.1) is 0 Å². The Kier molecular flexibility index (Phi) is 5.79. The van der Waals surface area contributed by atoms with Gasteiger partial charge in [-0.2, -0.15) is 0 Å². The van der Waals surface area contributed by atoms with E-state index in [4.69, 9.17) is 0 Å². The van der Waals surface area contributed by atoms with Gasteiger partial charge in [0.15, 0.2) is 0 Å². The fourth-order valence-corrected chi connectivity index (χ4v) is 5.30. The van der Waals surface area contributed by atoms with Gasteiger partial charge in [0, 0.05) is 32.1 Å². The maximum absolute atomic E-state index is 12.8. The van der Waals surface area contributed by atoms with Crippen LogP contribution in [0.1, 0.15) is 64.2 Å². The zero-order chi connectivity index (χ0) is 20.4. The third-order valence-corrected chi connectivity index (χ3v) is 7.11. The zero-order valence-electron chi connectivity index (χ0n) is 17.2. The fourth-order valence-electron chi connectivity index (χ4n) is 5.30. The van der Waals surface area contributed by atoms with E-state index in [2.05, 4.69) is 5.32 Å². The van der Waals surface area contributed by atoms with E-state index in [0.717, 1.165) is 43.7 Å². The largest absolute Gasteiger partial charge is 0.342 e. The number of nitrogens with zero attached hydrogens (tertiary/aromatic N) is 3. The standard InChI is InChI=1S/C21H32N4O4/c26-17(15-25-19(28)21(22-20(25)29)9-3-4-10-21)23-13-7-16(8-14-23)18(27)24-11-5-1-2-6-12-24/h16H,1-15H2,(H,22,29). The first kappa shape index (κ1) is 20.2. The van der Waals surface area contributed by atoms with E-state index in [-0.39, 0.29) is 30.2 Å². The third-order valence-electron chi connectivity index (χ3n) is 7.11. The Morgan fingerprint density at radius 3 is 2.10 bits per heavy atom. The summed E-state index contributed by atoms with van der Waals surface area (Å²) in [6.45, 7) is 2.53. The molecule has 3 heterocycles. The van der Waals surface area contributed by atoms with Gasteiger partial charge in [-0.3, -0.25) is 19.3 Å². The molecule has 0 radical (unpaired) electrons. The molecule has 0 aromatic rings. The molecule has 4 rings (SSSR count). The molecule has 29 heavy (non-hydrogen) atoms. The highest BCUT2D eigenvalue weighted by molar-refractivity contribution is 6.09. The van der Waals surface area contributed by atoms with E-state index in [0.29, 0.717) is 38.8 Å². The van der Waals surface area contributed by atoms with E-state index >= 15 is 0 Å². The molecular weight excluding hydrogens is 372 g/mol. The van der Waals surface area contributed by atoms with Crippen molar-refractivity contribution in [3.8, 4) is 0 Å². The molecule has 1 N–H and O–H groups in total. The number of likely N-dealkylation sites (tertiary alicyclic amines) is 2. The Hall–Kier alpha value is -2.12. The number of rotatable bonds is 3. The predicted molar refractivity (Wildman–Crippen MR) is 106 cm³/mol. The van der Waals surface area contributed by atoms with Gasteiger partial charge in [0.2, 0.25) is 11.8 Å². The van der Waals surface area contributed by atoms with Crippen LogP contribution in [0, 0.1) is 5.92 Å². The van der Waals surface area contributed by atoms with Crippen LogP contribution in [-0.2, 0) is 14.4 Å². The van der Waals surface area contributed by atoms with Crippen molar-refractivity contribution in [3.63, 3.8) is 0 Å². The number of carbonyl (C=O) groups is 4. The Morgan fingerprint density at radius 1 is 0.862 bits per heavy atom. The molecule has 3 saturated heterocycles. The van der Waals surface area contributed by atoms with Crippen LogP contribution in [0.15, 0.2) is 0 Å². The average Bonchev–Trinajstić information content (AvgIpc) is 3.15. The lowest BCUT2D eigenvalue weighted by molar-refractivity contribution is -0.142. The van der Waals surface area contributed by atoms with Crippen LogP contribution in [0.2, 0.25) is 0 Å². The number of piperidine rings is 1. The highest BCUT2D eigenvalue weighted by Crippen LogP contribution is 2.35. The molecule has 1 spiro atoms. The molecule has 3 aliphatic heterocycles. The lowest BCUT2D eigenvalue weighted by atomic mass is 9.95. The third kappa shape index (κ3) is 3.98. The molecule has 0 atom stereocenters. The minimum Gasteiger partial charge on any atom is -0.342 e. The van der Waals surface area contributed by atoms with E-state index in [1.807, 2.05) is 4.90 Å². The number of carbonyl (C=O) groups excluding carboxylic acids is 4. The molecule has 8 nitrogen and oxygen atoms in total. The highest BCUT2D eigenvalue weighted by atomic mass is 16.2. The summed E-state index contributed by atoms with van der Waals surface area (Å²) < 4.78 is 0. The molecule has 5 amide bonds. The van der Waals surface area contributed by atoms with Crippen molar-refractivity contribution >= 4 is 23.8 Å². The Morgan fingerprint density at radius 2 is 1.48 bits per heavy atom. The van der Waals surface area contributed by atoms with Crippen LogP contribution < -0.4 is 5.32 Å². The van der Waals surface area contributed by atoms with Gasteiger partial charge >= 0.3 is 6.03 Å². The van der Waals surface area contributed by atoms with E-state index in [9.17, 15) is 19.2 Å². The minimum atomic E-state index is -0.774. The predicted octanol–water partition coefficient (Wildman–Crippen LogP) is 1.49. The first-order chi connectivity index (χ1) is 14.0. The summed E-state index contributed by atoms with van der Waals surface area (Å²) in [4.78, 5) is 55.3. The topological polar surface area (TPSA) is 90.0 Å². The van der Waals surface area contributed by atoms with Crippen LogP contribution in [0.3, 0.4) is 0 Å². The fraction of sp³-hybridized carbons (Fsp3) is 0.810. The summed E-state index contributed by atoms with van der Waals surface area (Å²) in [7, 11) is 0. The number of hydrogen-bond donors (Lipinski definition) is 1. The van der Waals surface area contributed by atoms with Crippen LogP contribution in [0.4, 0.5) is 4.79 Å². The summed E-state index contributed by atoms with van der Waals surface area (Å²) in [5.74, 6) is -0.240. The summed E-state index contributed by atoms with van der Waals surface area (Å²) in [5.41, 5.74) is -0.774. The zero-order valence-corrected chi connectivity index (χ0v) is 17.2. The molecule has 0 unspecified atom stereocenters. The van der Waals surface area contributed by atoms with Crippen molar-refractivity contribution in [1.82, 2.24) is 20.0 Å². The smallest absolute Gasteiger partial charge is 0.325 e. The van der Waals surface area contributed by atoms with Crippen LogP contribution >= 0.6 is 0 Å². The number of hydrogen-bond acceptors (Lipinski definition) is 4. The molecule has 0 aromatic carbocycles. The second-order valence-electron chi connectivity index (χ2n) is 9.01. The van der Waals surface area contributed by atoms with E-state index in [1.54, 1.807) is 4.90 Å². The molecule has 1 saturated carbocycles. The van der Waals surface area contributed by atoms with Crippen LogP contribution in [-0.4, -0.2) is 76.7 Å². The average molecular weight is 405 g/mol. The molecule has 8 heteroatoms. The molecule has 4 aliphatic rings. The molecule has 160 valence electrons. The molecular formula is C21H32N4O4.